The number of nitrogens with zero attached hydrogens (tertiary/aromatic N) is 1. The van der Waals surface area contributed by atoms with Crippen molar-refractivity contribution in [3.8, 4) is 11.3 Å². The standard InChI is InChI=1S/C36H30N4O6S/c1-23-8-11-25(12-9-23)33-19-16-29(46-33)21-32(39-35(42)26-6-4-3-5-7-26)36(43)37-27-13-17-30(18-14-27)47-22-34(41)38-31-20-28(40(44)45)15-10-24(31)2/h3-21H,22H2,1-2H3,(H,37,43)(H,38,41)(H,39,42). The van der Waals surface area contributed by atoms with Gasteiger partial charge in [0.05, 0.1) is 16.4 Å². The van der Waals surface area contributed by atoms with E-state index in [1.165, 1.54) is 30.0 Å². The van der Waals surface area contributed by atoms with Gasteiger partial charge in [-0.3, -0.25) is 24.5 Å². The van der Waals surface area contributed by atoms with Crippen LogP contribution in [0.25, 0.3) is 17.4 Å². The zero-order valence-corrected chi connectivity index (χ0v) is 26.3. The molecule has 0 aliphatic heterocycles. The first-order valence-corrected chi connectivity index (χ1v) is 15.5. The fourth-order valence-corrected chi connectivity index (χ4v) is 5.11. The molecular weight excluding hydrogens is 616 g/mol. The number of amides is 3. The van der Waals surface area contributed by atoms with Gasteiger partial charge in [0.15, 0.2) is 0 Å². The maximum atomic E-state index is 13.4. The first kappa shape index (κ1) is 32.5. The Morgan fingerprint density at radius 1 is 0.851 bits per heavy atom. The highest BCUT2D eigenvalue weighted by molar-refractivity contribution is 8.00. The first-order chi connectivity index (χ1) is 22.6. The van der Waals surface area contributed by atoms with Gasteiger partial charge in [-0.15, -0.1) is 11.8 Å². The quantitative estimate of drug-likeness (QED) is 0.0580. The predicted octanol–water partition coefficient (Wildman–Crippen LogP) is 7.61. The average molecular weight is 647 g/mol. The Hall–Kier alpha value is -5.94. The number of nitro groups is 1. The molecule has 0 bridgehead atoms. The fourth-order valence-electron chi connectivity index (χ4n) is 4.41. The van der Waals surface area contributed by atoms with Crippen molar-refractivity contribution in [1.29, 1.82) is 0 Å². The lowest BCUT2D eigenvalue weighted by Crippen LogP contribution is -2.30. The fraction of sp³-hybridized carbons (Fsp3) is 0.0833. The minimum absolute atomic E-state index is 0.0183. The molecule has 0 saturated carbocycles. The molecule has 1 aromatic heterocycles. The van der Waals surface area contributed by atoms with Crippen LogP contribution in [0, 0.1) is 24.0 Å². The van der Waals surface area contributed by atoms with E-state index in [4.69, 9.17) is 4.42 Å². The molecule has 3 amide bonds. The van der Waals surface area contributed by atoms with Crippen molar-refractivity contribution in [1.82, 2.24) is 5.32 Å². The van der Waals surface area contributed by atoms with Crippen LogP contribution < -0.4 is 16.0 Å². The number of rotatable bonds is 11. The number of aryl methyl sites for hydroxylation is 2. The number of nitro benzene ring substituents is 1. The number of hydrogen-bond acceptors (Lipinski definition) is 7. The van der Waals surface area contributed by atoms with Crippen LogP contribution in [-0.4, -0.2) is 28.4 Å². The molecule has 5 aromatic rings. The van der Waals surface area contributed by atoms with Crippen LogP contribution in [0.5, 0.6) is 0 Å². The van der Waals surface area contributed by atoms with E-state index in [1.807, 2.05) is 31.2 Å². The van der Waals surface area contributed by atoms with Gasteiger partial charge in [0.25, 0.3) is 17.5 Å². The third-order valence-corrected chi connectivity index (χ3v) is 7.98. The molecule has 236 valence electrons. The molecule has 1 heterocycles. The van der Waals surface area contributed by atoms with Crippen LogP contribution in [-0.2, 0) is 9.59 Å². The summed E-state index contributed by atoms with van der Waals surface area (Å²) in [4.78, 5) is 50.3. The minimum Gasteiger partial charge on any atom is -0.457 e. The molecule has 10 nitrogen and oxygen atoms in total. The Bertz CT molecular complexity index is 1950. The van der Waals surface area contributed by atoms with Crippen LogP contribution >= 0.6 is 11.8 Å². The van der Waals surface area contributed by atoms with E-state index in [0.29, 0.717) is 34.0 Å². The molecule has 0 saturated heterocycles. The summed E-state index contributed by atoms with van der Waals surface area (Å²) in [5.41, 5.74) is 3.82. The Morgan fingerprint density at radius 2 is 1.57 bits per heavy atom. The zero-order chi connectivity index (χ0) is 33.3. The predicted molar refractivity (Wildman–Crippen MR) is 183 cm³/mol. The van der Waals surface area contributed by atoms with Gasteiger partial charge in [0, 0.05) is 39.9 Å². The largest absolute Gasteiger partial charge is 0.457 e. The van der Waals surface area contributed by atoms with Crippen molar-refractivity contribution >= 4 is 52.6 Å². The van der Waals surface area contributed by atoms with Gasteiger partial charge in [0.2, 0.25) is 5.91 Å². The highest BCUT2D eigenvalue weighted by Crippen LogP contribution is 2.26. The Labute approximate surface area is 275 Å². The molecule has 0 radical (unpaired) electrons. The number of anilines is 2. The van der Waals surface area contributed by atoms with Gasteiger partial charge >= 0.3 is 0 Å². The molecule has 4 aromatic carbocycles. The molecule has 3 N–H and O–H groups in total. The Morgan fingerprint density at radius 3 is 2.28 bits per heavy atom. The number of non-ortho nitro benzene ring substituents is 1. The van der Waals surface area contributed by atoms with Crippen molar-refractivity contribution in [2.75, 3.05) is 16.4 Å². The summed E-state index contributed by atoms with van der Waals surface area (Å²) in [6, 6.07) is 31.1. The summed E-state index contributed by atoms with van der Waals surface area (Å²) in [6.07, 6.45) is 1.47. The number of hydrogen-bond donors (Lipinski definition) is 3. The number of furan rings is 1. The number of nitrogens with one attached hydrogen (secondary N) is 3. The van der Waals surface area contributed by atoms with Crippen molar-refractivity contribution in [3.05, 3.63) is 147 Å². The van der Waals surface area contributed by atoms with Gasteiger partial charge in [0.1, 0.15) is 17.2 Å². The second kappa shape index (κ2) is 14.9. The van der Waals surface area contributed by atoms with Crippen molar-refractivity contribution in [2.45, 2.75) is 18.7 Å². The lowest BCUT2D eigenvalue weighted by atomic mass is 10.1. The molecule has 0 aliphatic rings. The van der Waals surface area contributed by atoms with Crippen LogP contribution in [0.15, 0.2) is 124 Å². The SMILES string of the molecule is Cc1ccc(-c2ccc(C=C(NC(=O)c3ccccc3)C(=O)Nc3ccc(SCC(=O)Nc4cc([N+](=O)[O-])ccc4C)cc3)o2)cc1. The van der Waals surface area contributed by atoms with Crippen molar-refractivity contribution < 1.29 is 23.7 Å². The second-order valence-electron chi connectivity index (χ2n) is 10.5. The zero-order valence-electron chi connectivity index (χ0n) is 25.5. The van der Waals surface area contributed by atoms with E-state index in [0.717, 1.165) is 16.0 Å². The van der Waals surface area contributed by atoms with Gasteiger partial charge < -0.3 is 20.4 Å². The van der Waals surface area contributed by atoms with E-state index in [9.17, 15) is 24.5 Å². The Balaban J connectivity index is 1.26. The van der Waals surface area contributed by atoms with Crippen LogP contribution in [0.1, 0.15) is 27.2 Å². The number of benzene rings is 4. The third-order valence-electron chi connectivity index (χ3n) is 6.97. The number of thioether (sulfide) groups is 1. The van der Waals surface area contributed by atoms with E-state index >= 15 is 0 Å². The highest BCUT2D eigenvalue weighted by Gasteiger charge is 2.17. The number of carbonyl (C=O) groups is 3. The Kier molecular flexibility index (Phi) is 10.3. The smallest absolute Gasteiger partial charge is 0.272 e. The van der Waals surface area contributed by atoms with Gasteiger partial charge in [-0.1, -0.05) is 54.1 Å². The third kappa shape index (κ3) is 8.83. The first-order valence-electron chi connectivity index (χ1n) is 14.5. The summed E-state index contributed by atoms with van der Waals surface area (Å²) in [5.74, 6) is -0.266. The van der Waals surface area contributed by atoms with Crippen molar-refractivity contribution in [2.24, 2.45) is 0 Å². The van der Waals surface area contributed by atoms with Crippen molar-refractivity contribution in [3.63, 3.8) is 0 Å². The summed E-state index contributed by atoms with van der Waals surface area (Å²) in [6.45, 7) is 3.75. The van der Waals surface area contributed by atoms with E-state index < -0.39 is 16.7 Å². The van der Waals surface area contributed by atoms with E-state index in [-0.39, 0.29) is 23.0 Å². The average Bonchev–Trinajstić information content (AvgIpc) is 3.54. The van der Waals surface area contributed by atoms with E-state index in [2.05, 4.69) is 16.0 Å². The lowest BCUT2D eigenvalue weighted by Gasteiger charge is -2.11. The molecule has 11 heteroatoms. The van der Waals surface area contributed by atoms with Crippen LogP contribution in [0.4, 0.5) is 17.1 Å². The topological polar surface area (TPSA) is 144 Å². The van der Waals surface area contributed by atoms with E-state index in [1.54, 1.807) is 79.7 Å². The summed E-state index contributed by atoms with van der Waals surface area (Å²) in [5, 5.41) is 19.3. The second-order valence-corrected chi connectivity index (χ2v) is 11.6. The summed E-state index contributed by atoms with van der Waals surface area (Å²) >= 11 is 1.27. The molecule has 0 atom stereocenters. The van der Waals surface area contributed by atoms with Gasteiger partial charge in [-0.25, -0.2) is 0 Å². The number of carbonyl (C=O) groups excluding carboxylic acids is 3. The molecular formula is C36H30N4O6S. The van der Waals surface area contributed by atoms with Crippen LogP contribution in [0.3, 0.4) is 0 Å². The molecule has 0 aliphatic carbocycles. The summed E-state index contributed by atoms with van der Waals surface area (Å²) in [7, 11) is 0. The van der Waals surface area contributed by atoms with Gasteiger partial charge in [-0.2, -0.15) is 0 Å². The highest BCUT2D eigenvalue weighted by atomic mass is 32.2. The summed E-state index contributed by atoms with van der Waals surface area (Å²) < 4.78 is 5.98. The molecule has 5 rings (SSSR count). The lowest BCUT2D eigenvalue weighted by molar-refractivity contribution is -0.384. The van der Waals surface area contributed by atoms with Gasteiger partial charge in [-0.05, 0) is 67.9 Å². The maximum Gasteiger partial charge on any atom is 0.272 e. The molecule has 47 heavy (non-hydrogen) atoms. The molecule has 0 unspecified atom stereocenters. The van der Waals surface area contributed by atoms with Crippen LogP contribution in [0.2, 0.25) is 0 Å². The molecule has 0 fully saturated rings. The molecule has 0 spiro atoms. The normalized spacial score (nSPS) is 11.1. The maximum absolute atomic E-state index is 13.4. The monoisotopic (exact) mass is 646 g/mol. The minimum atomic E-state index is -0.560.